The number of para-hydroxylation sites is 1. The molecule has 0 fully saturated rings. The maximum atomic E-state index is 5.29. The van der Waals surface area contributed by atoms with E-state index in [4.69, 9.17) is 9.97 Å². The summed E-state index contributed by atoms with van der Waals surface area (Å²) in [5.41, 5.74) is 12.3. The van der Waals surface area contributed by atoms with Crippen LogP contribution in [0.25, 0.3) is 104 Å². The largest absolute Gasteiger partial charge is 0.308 e. The molecule has 11 rings (SSSR count). The molecule has 0 bridgehead atoms. The predicted octanol–water partition coefficient (Wildman–Crippen LogP) is 12.1. The third-order valence-corrected chi connectivity index (χ3v) is 10.3. The second-order valence-electron chi connectivity index (χ2n) is 13.0. The summed E-state index contributed by atoms with van der Waals surface area (Å²) in [7, 11) is 0. The first-order valence-electron chi connectivity index (χ1n) is 16.7. The molecule has 3 heteroatoms. The lowest BCUT2D eigenvalue weighted by Crippen LogP contribution is -1.92. The van der Waals surface area contributed by atoms with E-state index in [0.29, 0.717) is 0 Å². The number of hydrogen-bond acceptors (Lipinski definition) is 2. The van der Waals surface area contributed by atoms with Crippen LogP contribution in [-0.4, -0.2) is 14.4 Å². The fraction of sp³-hybridized carbons (Fsp3) is 0. The van der Waals surface area contributed by atoms with Gasteiger partial charge in [-0.2, -0.15) is 0 Å². The quantitative estimate of drug-likeness (QED) is 0.184. The number of benzene rings is 8. The van der Waals surface area contributed by atoms with E-state index < -0.39 is 0 Å². The van der Waals surface area contributed by atoms with Crippen LogP contribution in [0.4, 0.5) is 0 Å². The second-order valence-corrected chi connectivity index (χ2v) is 13.0. The molecule has 0 unspecified atom stereocenters. The van der Waals surface area contributed by atoms with E-state index in [9.17, 15) is 0 Å². The Bertz CT molecular complexity index is 3060. The minimum absolute atomic E-state index is 0.870. The average Bonchev–Trinajstić information content (AvgIpc) is 3.69. The van der Waals surface area contributed by atoms with Crippen molar-refractivity contribution in [2.24, 2.45) is 0 Å². The zero-order valence-electron chi connectivity index (χ0n) is 26.4. The highest BCUT2D eigenvalue weighted by atomic mass is 14.9. The SMILES string of the molecule is c1ccc(-c2ccc3c(c2)c2cc(-c4cccc(-c5cnc6c7ccccc7c7ccccc7c6n5)c4)cc4c5ccccc5n3c42)cc1. The molecule has 0 saturated heterocycles. The maximum Gasteiger partial charge on any atom is 0.0979 e. The molecule has 0 saturated carbocycles. The summed E-state index contributed by atoms with van der Waals surface area (Å²) in [6.07, 6.45) is 1.93. The fourth-order valence-electron chi connectivity index (χ4n) is 8.10. The van der Waals surface area contributed by atoms with Crippen LogP contribution < -0.4 is 0 Å². The van der Waals surface area contributed by atoms with Gasteiger partial charge in [0.15, 0.2) is 0 Å². The van der Waals surface area contributed by atoms with Crippen LogP contribution in [-0.2, 0) is 0 Å². The van der Waals surface area contributed by atoms with Crippen molar-refractivity contribution in [2.75, 3.05) is 0 Å². The number of fused-ring (bicyclic) bond motifs is 12. The third-order valence-electron chi connectivity index (χ3n) is 10.3. The van der Waals surface area contributed by atoms with E-state index >= 15 is 0 Å². The van der Waals surface area contributed by atoms with Gasteiger partial charge in [0.1, 0.15) is 0 Å². The zero-order valence-corrected chi connectivity index (χ0v) is 26.4. The van der Waals surface area contributed by atoms with Crippen LogP contribution in [0.3, 0.4) is 0 Å². The number of aromatic nitrogens is 3. The smallest absolute Gasteiger partial charge is 0.0979 e. The summed E-state index contributed by atoms with van der Waals surface area (Å²) >= 11 is 0. The van der Waals surface area contributed by atoms with Crippen molar-refractivity contribution in [3.63, 3.8) is 0 Å². The molecule has 0 aliphatic carbocycles. The van der Waals surface area contributed by atoms with E-state index in [2.05, 4.69) is 162 Å². The highest BCUT2D eigenvalue weighted by molar-refractivity contribution is 6.25. The molecule has 3 heterocycles. The van der Waals surface area contributed by atoms with Crippen LogP contribution in [0, 0.1) is 0 Å². The van der Waals surface area contributed by atoms with Crippen molar-refractivity contribution < 1.29 is 0 Å². The van der Waals surface area contributed by atoms with Gasteiger partial charge in [-0.05, 0) is 69.4 Å². The third kappa shape index (κ3) is 3.78. The lowest BCUT2D eigenvalue weighted by atomic mass is 9.96. The molecule has 3 nitrogen and oxygen atoms in total. The first kappa shape index (κ1) is 26.5. The highest BCUT2D eigenvalue weighted by Gasteiger charge is 2.20. The minimum atomic E-state index is 0.870. The van der Waals surface area contributed by atoms with Gasteiger partial charge in [0.25, 0.3) is 0 Å². The molecule has 11 aromatic rings. The van der Waals surface area contributed by atoms with Crippen molar-refractivity contribution in [1.29, 1.82) is 0 Å². The lowest BCUT2D eigenvalue weighted by molar-refractivity contribution is 1.31. The molecule has 0 radical (unpaired) electrons. The van der Waals surface area contributed by atoms with Crippen molar-refractivity contribution in [2.45, 2.75) is 0 Å². The monoisotopic (exact) mass is 621 g/mol. The van der Waals surface area contributed by atoms with Crippen molar-refractivity contribution in [1.82, 2.24) is 14.4 Å². The van der Waals surface area contributed by atoms with Crippen LogP contribution in [0.5, 0.6) is 0 Å². The summed E-state index contributed by atoms with van der Waals surface area (Å²) < 4.78 is 2.45. The van der Waals surface area contributed by atoms with Gasteiger partial charge >= 0.3 is 0 Å². The van der Waals surface area contributed by atoms with Gasteiger partial charge in [-0.3, -0.25) is 4.98 Å². The summed E-state index contributed by atoms with van der Waals surface area (Å²) in [4.78, 5) is 10.3. The van der Waals surface area contributed by atoms with E-state index in [1.54, 1.807) is 0 Å². The van der Waals surface area contributed by atoms with Crippen LogP contribution in [0.15, 0.2) is 164 Å². The van der Waals surface area contributed by atoms with Gasteiger partial charge in [0.05, 0.1) is 39.5 Å². The molecule has 0 N–H and O–H groups in total. The van der Waals surface area contributed by atoms with Gasteiger partial charge in [0.2, 0.25) is 0 Å². The minimum Gasteiger partial charge on any atom is -0.308 e. The summed E-state index contributed by atoms with van der Waals surface area (Å²) in [5.74, 6) is 0. The molecular weight excluding hydrogens is 595 g/mol. The Morgan fingerprint density at radius 1 is 0.347 bits per heavy atom. The van der Waals surface area contributed by atoms with E-state index in [-0.39, 0.29) is 0 Å². The number of hydrogen-bond donors (Lipinski definition) is 0. The summed E-state index contributed by atoms with van der Waals surface area (Å²) in [6, 6.07) is 56.9. The van der Waals surface area contributed by atoms with Gasteiger partial charge in [-0.25, -0.2) is 4.98 Å². The zero-order chi connectivity index (χ0) is 32.1. The van der Waals surface area contributed by atoms with Crippen LogP contribution in [0.1, 0.15) is 0 Å². The predicted molar refractivity (Wildman–Crippen MR) is 206 cm³/mol. The Morgan fingerprint density at radius 3 is 1.71 bits per heavy atom. The van der Waals surface area contributed by atoms with Gasteiger partial charge in [-0.15, -0.1) is 0 Å². The van der Waals surface area contributed by atoms with Crippen LogP contribution in [0.2, 0.25) is 0 Å². The maximum absolute atomic E-state index is 5.29. The van der Waals surface area contributed by atoms with E-state index in [1.165, 1.54) is 65.6 Å². The second kappa shape index (κ2) is 9.96. The Hall–Kier alpha value is -6.58. The lowest BCUT2D eigenvalue weighted by Gasteiger charge is -2.11. The molecule has 0 spiro atoms. The first-order chi connectivity index (χ1) is 24.3. The Morgan fingerprint density at radius 2 is 0.918 bits per heavy atom. The number of nitrogens with zero attached hydrogens (tertiary/aromatic N) is 3. The highest BCUT2D eigenvalue weighted by Crippen LogP contribution is 2.43. The topological polar surface area (TPSA) is 30.2 Å². The van der Waals surface area contributed by atoms with Gasteiger partial charge in [0, 0.05) is 37.9 Å². The standard InChI is InChI=1S/C46H27N3/c1-2-11-28(12-3-1)30-21-22-43-38(24-30)40-26-32(25-39-35-17-8-9-20-42(35)49(43)46(39)40)29-13-10-14-31(23-29)41-27-47-44-36-18-6-4-15-33(36)34-16-5-7-19-37(34)45(44)48-41/h1-27H. The van der Waals surface area contributed by atoms with Crippen molar-refractivity contribution in [3.8, 4) is 33.5 Å². The van der Waals surface area contributed by atoms with Crippen molar-refractivity contribution >= 4 is 70.7 Å². The molecule has 0 atom stereocenters. The summed E-state index contributed by atoms with van der Waals surface area (Å²) in [5, 5.41) is 9.74. The van der Waals surface area contributed by atoms with E-state index in [0.717, 1.165) is 38.6 Å². The fourth-order valence-corrected chi connectivity index (χ4v) is 8.10. The molecule has 49 heavy (non-hydrogen) atoms. The molecular formula is C46H27N3. The number of rotatable bonds is 3. The molecule has 8 aromatic carbocycles. The molecule has 3 aromatic heterocycles. The van der Waals surface area contributed by atoms with E-state index in [1.807, 2.05) is 6.20 Å². The van der Waals surface area contributed by atoms with Crippen LogP contribution >= 0.6 is 0 Å². The molecule has 0 amide bonds. The Balaban J connectivity index is 1.13. The normalized spacial score (nSPS) is 12.1. The Kier molecular flexibility index (Phi) is 5.38. The average molecular weight is 622 g/mol. The van der Waals surface area contributed by atoms with Gasteiger partial charge < -0.3 is 4.40 Å². The molecule has 0 aliphatic rings. The van der Waals surface area contributed by atoms with Crippen molar-refractivity contribution in [3.05, 3.63) is 164 Å². The Labute approximate surface area is 281 Å². The summed E-state index contributed by atoms with van der Waals surface area (Å²) in [6.45, 7) is 0. The molecule has 0 aliphatic heterocycles. The first-order valence-corrected chi connectivity index (χ1v) is 16.7. The molecule has 226 valence electrons. The van der Waals surface area contributed by atoms with Gasteiger partial charge in [-0.1, -0.05) is 121 Å².